The summed E-state index contributed by atoms with van der Waals surface area (Å²) < 4.78 is 19.1. The van der Waals surface area contributed by atoms with Crippen molar-refractivity contribution in [3.05, 3.63) is 92.9 Å². The van der Waals surface area contributed by atoms with Crippen molar-refractivity contribution in [2.75, 3.05) is 13.2 Å². The standard InChI is InChI=1S/C29H30FNO4S/c1-5-35-22-13-10-19(17-21(22)29(2,3)4)26(32)24-25(23-7-6-16-36-23)31(28(34)27(24)33)15-14-18-8-11-20(30)12-9-18/h6-13,16-17,25,32H,5,14-15H2,1-4H3/b26-24-. The number of rotatable bonds is 7. The van der Waals surface area contributed by atoms with Gasteiger partial charge in [-0.15, -0.1) is 11.3 Å². The normalized spacial score (nSPS) is 17.6. The van der Waals surface area contributed by atoms with Gasteiger partial charge in [-0.3, -0.25) is 9.59 Å². The van der Waals surface area contributed by atoms with Gasteiger partial charge in [-0.25, -0.2) is 4.39 Å². The largest absolute Gasteiger partial charge is 0.507 e. The number of amides is 1. The number of aliphatic hydroxyl groups is 1. The summed E-state index contributed by atoms with van der Waals surface area (Å²) in [7, 11) is 0. The number of thiophene rings is 1. The lowest BCUT2D eigenvalue weighted by Crippen LogP contribution is -2.31. The van der Waals surface area contributed by atoms with E-state index in [0.29, 0.717) is 18.6 Å². The minimum Gasteiger partial charge on any atom is -0.507 e. The number of halogens is 1. The molecule has 1 fully saturated rings. The number of aliphatic hydroxyl groups excluding tert-OH is 1. The fourth-order valence-corrected chi connectivity index (χ4v) is 5.30. The predicted molar refractivity (Wildman–Crippen MR) is 140 cm³/mol. The Labute approximate surface area is 214 Å². The monoisotopic (exact) mass is 507 g/mol. The van der Waals surface area contributed by atoms with Gasteiger partial charge in [0.1, 0.15) is 17.3 Å². The van der Waals surface area contributed by atoms with E-state index in [1.54, 1.807) is 24.3 Å². The van der Waals surface area contributed by atoms with Gasteiger partial charge >= 0.3 is 0 Å². The van der Waals surface area contributed by atoms with E-state index in [1.165, 1.54) is 28.4 Å². The van der Waals surface area contributed by atoms with Crippen LogP contribution in [0.4, 0.5) is 4.39 Å². The van der Waals surface area contributed by atoms with Crippen LogP contribution >= 0.6 is 11.3 Å². The highest BCUT2D eigenvalue weighted by atomic mass is 32.1. The zero-order chi connectivity index (χ0) is 26.0. The number of carbonyl (C=O) groups is 2. The molecular weight excluding hydrogens is 477 g/mol. The van der Waals surface area contributed by atoms with Crippen LogP contribution < -0.4 is 4.74 Å². The number of benzene rings is 2. The van der Waals surface area contributed by atoms with Gasteiger partial charge in [0.15, 0.2) is 0 Å². The van der Waals surface area contributed by atoms with Crippen LogP contribution in [0.2, 0.25) is 0 Å². The van der Waals surface area contributed by atoms with Crippen LogP contribution in [-0.2, 0) is 21.4 Å². The van der Waals surface area contributed by atoms with Gasteiger partial charge in [0.25, 0.3) is 11.7 Å². The van der Waals surface area contributed by atoms with Gasteiger partial charge in [-0.05, 0) is 66.1 Å². The molecule has 1 atom stereocenters. The second kappa shape index (κ2) is 10.3. The van der Waals surface area contributed by atoms with Crippen molar-refractivity contribution in [3.63, 3.8) is 0 Å². The molecule has 1 unspecified atom stereocenters. The van der Waals surface area contributed by atoms with Crippen molar-refractivity contribution in [2.45, 2.75) is 45.6 Å². The number of hydrogen-bond donors (Lipinski definition) is 1. The molecule has 2 heterocycles. The molecule has 3 aromatic rings. The number of nitrogens with zero attached hydrogens (tertiary/aromatic N) is 1. The Morgan fingerprint density at radius 2 is 1.83 bits per heavy atom. The van der Waals surface area contributed by atoms with E-state index >= 15 is 0 Å². The molecule has 0 spiro atoms. The number of Topliss-reactive ketones (excluding diaryl/α,β-unsaturated/α-hetero) is 1. The summed E-state index contributed by atoms with van der Waals surface area (Å²) >= 11 is 1.42. The maximum absolute atomic E-state index is 13.3. The minimum atomic E-state index is -0.712. The summed E-state index contributed by atoms with van der Waals surface area (Å²) in [4.78, 5) is 28.7. The van der Waals surface area contributed by atoms with Gasteiger partial charge in [0, 0.05) is 22.5 Å². The predicted octanol–water partition coefficient (Wildman–Crippen LogP) is 6.25. The SMILES string of the molecule is CCOc1ccc(/C(O)=C2/C(=O)C(=O)N(CCc3ccc(F)cc3)C2c2cccs2)cc1C(C)(C)C. The Morgan fingerprint density at radius 1 is 1.11 bits per heavy atom. The molecule has 0 bridgehead atoms. The van der Waals surface area contributed by atoms with Crippen molar-refractivity contribution in [2.24, 2.45) is 0 Å². The molecule has 0 saturated carbocycles. The molecule has 1 N–H and O–H groups in total. The average molecular weight is 508 g/mol. The maximum Gasteiger partial charge on any atom is 0.295 e. The van der Waals surface area contributed by atoms with Crippen molar-refractivity contribution < 1.29 is 23.8 Å². The summed E-state index contributed by atoms with van der Waals surface area (Å²) in [6.07, 6.45) is 0.451. The van der Waals surface area contributed by atoms with Gasteiger partial charge in [-0.2, -0.15) is 0 Å². The molecule has 0 aliphatic carbocycles. The van der Waals surface area contributed by atoms with E-state index in [9.17, 15) is 19.1 Å². The number of likely N-dealkylation sites (tertiary alicyclic amines) is 1. The Hall–Kier alpha value is -3.45. The maximum atomic E-state index is 13.3. The fraction of sp³-hybridized carbons (Fsp3) is 0.310. The second-order valence-corrected chi connectivity index (χ2v) is 10.8. The lowest BCUT2D eigenvalue weighted by atomic mass is 9.84. The van der Waals surface area contributed by atoms with Crippen LogP contribution in [-0.4, -0.2) is 34.8 Å². The zero-order valence-corrected chi connectivity index (χ0v) is 21.7. The van der Waals surface area contributed by atoms with E-state index in [4.69, 9.17) is 4.74 Å². The lowest BCUT2D eigenvalue weighted by molar-refractivity contribution is -0.139. The van der Waals surface area contributed by atoms with Gasteiger partial charge in [-0.1, -0.05) is 39.0 Å². The summed E-state index contributed by atoms with van der Waals surface area (Å²) in [5.74, 6) is -1.18. The smallest absolute Gasteiger partial charge is 0.295 e. The third-order valence-corrected chi connectivity index (χ3v) is 7.19. The Bertz CT molecular complexity index is 1290. The first-order valence-corrected chi connectivity index (χ1v) is 12.8. The van der Waals surface area contributed by atoms with E-state index in [1.807, 2.05) is 30.5 Å². The number of ketones is 1. The van der Waals surface area contributed by atoms with Crippen molar-refractivity contribution in [1.29, 1.82) is 0 Å². The molecule has 1 aromatic heterocycles. The van der Waals surface area contributed by atoms with Crippen molar-refractivity contribution in [3.8, 4) is 5.75 Å². The number of ether oxygens (including phenoxy) is 1. The van der Waals surface area contributed by atoms with Crippen LogP contribution in [0, 0.1) is 5.82 Å². The molecular formula is C29H30FNO4S. The third kappa shape index (κ3) is 5.07. The highest BCUT2D eigenvalue weighted by Gasteiger charge is 2.46. The molecule has 188 valence electrons. The van der Waals surface area contributed by atoms with Crippen LogP contribution in [0.3, 0.4) is 0 Å². The molecule has 4 rings (SSSR count). The first kappa shape index (κ1) is 25.6. The first-order chi connectivity index (χ1) is 17.1. The summed E-state index contributed by atoms with van der Waals surface area (Å²) in [5.41, 5.74) is 2.01. The second-order valence-electron chi connectivity index (χ2n) is 9.78. The first-order valence-electron chi connectivity index (χ1n) is 12.0. The molecule has 2 aromatic carbocycles. The molecule has 36 heavy (non-hydrogen) atoms. The van der Waals surface area contributed by atoms with Crippen LogP contribution in [0.1, 0.15) is 55.3 Å². The minimum absolute atomic E-state index is 0.0746. The molecule has 1 aliphatic rings. The van der Waals surface area contributed by atoms with Crippen molar-refractivity contribution in [1.82, 2.24) is 4.90 Å². The van der Waals surface area contributed by atoms with E-state index < -0.39 is 17.7 Å². The molecule has 1 amide bonds. The van der Waals surface area contributed by atoms with Gasteiger partial charge in [0.2, 0.25) is 0 Å². The number of carbonyl (C=O) groups excluding carboxylic acids is 2. The molecule has 1 saturated heterocycles. The highest BCUT2D eigenvalue weighted by Crippen LogP contribution is 2.42. The summed E-state index contributed by atoms with van der Waals surface area (Å²) in [5, 5.41) is 13.3. The van der Waals surface area contributed by atoms with Crippen molar-refractivity contribution >= 4 is 28.8 Å². The zero-order valence-electron chi connectivity index (χ0n) is 20.9. The summed E-state index contributed by atoms with van der Waals surface area (Å²) in [6.45, 7) is 8.82. The Kier molecular flexibility index (Phi) is 7.31. The fourth-order valence-electron chi connectivity index (χ4n) is 4.45. The molecule has 7 heteroatoms. The van der Waals surface area contributed by atoms with E-state index in [0.717, 1.165) is 21.8 Å². The van der Waals surface area contributed by atoms with E-state index in [2.05, 4.69) is 20.8 Å². The molecule has 0 radical (unpaired) electrons. The summed E-state index contributed by atoms with van der Waals surface area (Å²) in [6, 6.07) is 14.4. The Balaban J connectivity index is 1.77. The average Bonchev–Trinajstić information content (AvgIpc) is 3.45. The third-order valence-electron chi connectivity index (χ3n) is 6.27. The van der Waals surface area contributed by atoms with Crippen LogP contribution in [0.15, 0.2) is 65.6 Å². The van der Waals surface area contributed by atoms with Crippen LogP contribution in [0.25, 0.3) is 5.76 Å². The Morgan fingerprint density at radius 3 is 2.44 bits per heavy atom. The van der Waals surface area contributed by atoms with Gasteiger partial charge in [0.05, 0.1) is 18.2 Å². The van der Waals surface area contributed by atoms with Crippen LogP contribution in [0.5, 0.6) is 5.75 Å². The number of hydrogen-bond acceptors (Lipinski definition) is 5. The van der Waals surface area contributed by atoms with Gasteiger partial charge < -0.3 is 14.7 Å². The topological polar surface area (TPSA) is 66.8 Å². The highest BCUT2D eigenvalue weighted by molar-refractivity contribution is 7.10. The molecule has 5 nitrogen and oxygen atoms in total. The lowest BCUT2D eigenvalue weighted by Gasteiger charge is -2.25. The van der Waals surface area contributed by atoms with E-state index in [-0.39, 0.29) is 29.1 Å². The molecule has 1 aliphatic heterocycles. The quantitative estimate of drug-likeness (QED) is 0.233.